The number of para-hydroxylation sites is 1. The number of furan rings is 1. The number of fused-ring (bicyclic) bond motifs is 3. The number of rotatable bonds is 7. The standard InChI is InChI=1S/C16H17N3O3/c20-13(21)8-2-1-5-9-17-16-15-14(18-10-19-16)11-6-3-4-7-12(11)22-15/h3-4,6-7,10H,1-2,5,8-9H2,(H,20,21)(H,17,18,19). The highest BCUT2D eigenvalue weighted by molar-refractivity contribution is 6.05. The Balaban J connectivity index is 1.68. The third-order valence-corrected chi connectivity index (χ3v) is 3.52. The van der Waals surface area contributed by atoms with E-state index < -0.39 is 5.97 Å². The second-order valence-electron chi connectivity index (χ2n) is 5.13. The van der Waals surface area contributed by atoms with E-state index in [1.807, 2.05) is 24.3 Å². The van der Waals surface area contributed by atoms with Gasteiger partial charge in [0.2, 0.25) is 0 Å². The van der Waals surface area contributed by atoms with Crippen LogP contribution in [0.1, 0.15) is 25.7 Å². The highest BCUT2D eigenvalue weighted by Crippen LogP contribution is 2.30. The number of anilines is 1. The van der Waals surface area contributed by atoms with Gasteiger partial charge in [0, 0.05) is 18.4 Å². The van der Waals surface area contributed by atoms with E-state index in [0.717, 1.165) is 35.9 Å². The Morgan fingerprint density at radius 3 is 2.91 bits per heavy atom. The van der Waals surface area contributed by atoms with Gasteiger partial charge < -0.3 is 14.8 Å². The maximum Gasteiger partial charge on any atom is 0.303 e. The summed E-state index contributed by atoms with van der Waals surface area (Å²) in [6.45, 7) is 0.725. The number of aliphatic carboxylic acids is 1. The van der Waals surface area contributed by atoms with Crippen molar-refractivity contribution in [2.24, 2.45) is 0 Å². The maximum absolute atomic E-state index is 10.4. The average molecular weight is 299 g/mol. The lowest BCUT2D eigenvalue weighted by atomic mass is 10.2. The monoisotopic (exact) mass is 299 g/mol. The molecule has 22 heavy (non-hydrogen) atoms. The zero-order valence-electron chi connectivity index (χ0n) is 12.1. The molecular formula is C16H17N3O3. The topological polar surface area (TPSA) is 88.2 Å². The summed E-state index contributed by atoms with van der Waals surface area (Å²) in [4.78, 5) is 19.0. The average Bonchev–Trinajstić information content (AvgIpc) is 2.90. The fourth-order valence-electron chi connectivity index (χ4n) is 2.43. The van der Waals surface area contributed by atoms with Crippen LogP contribution in [0.2, 0.25) is 0 Å². The van der Waals surface area contributed by atoms with Crippen LogP contribution in [0, 0.1) is 0 Å². The number of benzene rings is 1. The van der Waals surface area contributed by atoms with Crippen LogP contribution >= 0.6 is 0 Å². The van der Waals surface area contributed by atoms with Gasteiger partial charge in [-0.05, 0) is 25.0 Å². The molecule has 0 atom stereocenters. The Hall–Kier alpha value is -2.63. The van der Waals surface area contributed by atoms with Crippen LogP contribution in [0.15, 0.2) is 35.0 Å². The number of nitrogens with zero attached hydrogens (tertiary/aromatic N) is 2. The van der Waals surface area contributed by atoms with Crippen LogP contribution < -0.4 is 5.32 Å². The summed E-state index contributed by atoms with van der Waals surface area (Å²) >= 11 is 0. The van der Waals surface area contributed by atoms with Crippen LogP contribution in [0.4, 0.5) is 5.82 Å². The van der Waals surface area contributed by atoms with Gasteiger partial charge in [-0.2, -0.15) is 0 Å². The van der Waals surface area contributed by atoms with Crippen LogP contribution in [0.25, 0.3) is 22.1 Å². The van der Waals surface area contributed by atoms with Gasteiger partial charge in [0.1, 0.15) is 17.4 Å². The highest BCUT2D eigenvalue weighted by atomic mass is 16.4. The van der Waals surface area contributed by atoms with Gasteiger partial charge in [0.25, 0.3) is 0 Å². The highest BCUT2D eigenvalue weighted by Gasteiger charge is 2.12. The van der Waals surface area contributed by atoms with Crippen molar-refractivity contribution in [1.82, 2.24) is 9.97 Å². The van der Waals surface area contributed by atoms with E-state index in [9.17, 15) is 4.79 Å². The third kappa shape index (κ3) is 3.00. The Labute approximate surface area is 127 Å². The predicted octanol–water partition coefficient (Wildman–Crippen LogP) is 3.43. The minimum absolute atomic E-state index is 0.224. The second-order valence-corrected chi connectivity index (χ2v) is 5.13. The van der Waals surface area contributed by atoms with Crippen LogP contribution in [-0.4, -0.2) is 27.6 Å². The Morgan fingerprint density at radius 2 is 2.05 bits per heavy atom. The van der Waals surface area contributed by atoms with E-state index in [4.69, 9.17) is 9.52 Å². The minimum atomic E-state index is -0.743. The molecule has 0 aliphatic rings. The number of carboxylic acids is 1. The molecule has 6 nitrogen and oxygen atoms in total. The molecule has 114 valence electrons. The van der Waals surface area contributed by atoms with Crippen molar-refractivity contribution in [2.45, 2.75) is 25.7 Å². The molecule has 0 bridgehead atoms. The summed E-state index contributed by atoms with van der Waals surface area (Å²) < 4.78 is 5.83. The SMILES string of the molecule is O=C(O)CCCCCNc1ncnc2c1oc1ccccc12. The second kappa shape index (κ2) is 6.43. The number of carboxylic acid groups (broad SMARTS) is 1. The van der Waals surface area contributed by atoms with Crippen molar-refractivity contribution < 1.29 is 14.3 Å². The van der Waals surface area contributed by atoms with Gasteiger partial charge in [-0.3, -0.25) is 4.79 Å². The molecule has 2 N–H and O–H groups in total. The quantitative estimate of drug-likeness (QED) is 0.650. The number of hydrogen-bond donors (Lipinski definition) is 2. The van der Waals surface area contributed by atoms with E-state index in [2.05, 4.69) is 15.3 Å². The van der Waals surface area contributed by atoms with Crippen molar-refractivity contribution in [1.29, 1.82) is 0 Å². The van der Waals surface area contributed by atoms with Crippen molar-refractivity contribution in [3.8, 4) is 0 Å². The molecule has 0 aliphatic carbocycles. The summed E-state index contributed by atoms with van der Waals surface area (Å²) in [5.41, 5.74) is 2.26. The van der Waals surface area contributed by atoms with Crippen molar-refractivity contribution in [3.63, 3.8) is 0 Å². The van der Waals surface area contributed by atoms with E-state index >= 15 is 0 Å². The van der Waals surface area contributed by atoms with Gasteiger partial charge in [0.15, 0.2) is 11.4 Å². The molecule has 2 aromatic heterocycles. The molecule has 0 spiro atoms. The molecule has 3 aromatic rings. The van der Waals surface area contributed by atoms with Crippen molar-refractivity contribution >= 4 is 33.9 Å². The van der Waals surface area contributed by atoms with E-state index in [-0.39, 0.29) is 6.42 Å². The van der Waals surface area contributed by atoms with Crippen molar-refractivity contribution in [2.75, 3.05) is 11.9 Å². The van der Waals surface area contributed by atoms with E-state index in [0.29, 0.717) is 17.8 Å². The number of nitrogens with one attached hydrogen (secondary N) is 1. The Kier molecular flexibility index (Phi) is 4.18. The number of carbonyl (C=O) groups is 1. The first-order chi connectivity index (χ1) is 10.8. The summed E-state index contributed by atoms with van der Waals surface area (Å²) in [5.74, 6) is -0.0628. The number of unbranched alkanes of at least 4 members (excludes halogenated alkanes) is 2. The zero-order valence-corrected chi connectivity index (χ0v) is 12.1. The molecule has 6 heteroatoms. The van der Waals surface area contributed by atoms with Gasteiger partial charge in [-0.25, -0.2) is 9.97 Å². The largest absolute Gasteiger partial charge is 0.481 e. The van der Waals surface area contributed by atoms with Crippen molar-refractivity contribution in [3.05, 3.63) is 30.6 Å². The fraction of sp³-hybridized carbons (Fsp3) is 0.312. The smallest absolute Gasteiger partial charge is 0.303 e. The molecule has 0 amide bonds. The molecule has 0 aliphatic heterocycles. The number of hydrogen-bond acceptors (Lipinski definition) is 5. The molecular weight excluding hydrogens is 282 g/mol. The molecule has 0 radical (unpaired) electrons. The Bertz CT molecular complexity index is 798. The summed E-state index contributed by atoms with van der Waals surface area (Å²) in [7, 11) is 0. The third-order valence-electron chi connectivity index (χ3n) is 3.52. The first kappa shape index (κ1) is 14.3. The van der Waals surface area contributed by atoms with Crippen LogP contribution in [-0.2, 0) is 4.79 Å². The van der Waals surface area contributed by atoms with E-state index in [1.54, 1.807) is 0 Å². The summed E-state index contributed by atoms with van der Waals surface area (Å²) in [6.07, 6.45) is 4.20. The summed E-state index contributed by atoms with van der Waals surface area (Å²) in [5, 5.41) is 12.8. The first-order valence-electron chi connectivity index (χ1n) is 7.33. The molecule has 2 heterocycles. The minimum Gasteiger partial charge on any atom is -0.481 e. The Morgan fingerprint density at radius 1 is 1.18 bits per heavy atom. The van der Waals surface area contributed by atoms with Crippen LogP contribution in [0.5, 0.6) is 0 Å². The predicted molar refractivity (Wildman–Crippen MR) is 83.9 cm³/mol. The molecule has 0 fully saturated rings. The first-order valence-corrected chi connectivity index (χ1v) is 7.33. The molecule has 3 rings (SSSR count). The van der Waals surface area contributed by atoms with Crippen LogP contribution in [0.3, 0.4) is 0 Å². The van der Waals surface area contributed by atoms with Gasteiger partial charge in [-0.15, -0.1) is 0 Å². The van der Waals surface area contributed by atoms with Gasteiger partial charge in [-0.1, -0.05) is 18.6 Å². The molecule has 0 unspecified atom stereocenters. The maximum atomic E-state index is 10.4. The summed E-state index contributed by atoms with van der Waals surface area (Å²) in [6, 6.07) is 7.76. The fourth-order valence-corrected chi connectivity index (χ4v) is 2.43. The molecule has 1 aromatic carbocycles. The van der Waals surface area contributed by atoms with E-state index in [1.165, 1.54) is 6.33 Å². The lowest BCUT2D eigenvalue weighted by Gasteiger charge is -2.04. The lowest BCUT2D eigenvalue weighted by molar-refractivity contribution is -0.137. The zero-order chi connectivity index (χ0) is 15.4. The normalized spacial score (nSPS) is 11.1. The molecule has 0 saturated carbocycles. The van der Waals surface area contributed by atoms with Gasteiger partial charge >= 0.3 is 5.97 Å². The molecule has 0 saturated heterocycles. The van der Waals surface area contributed by atoms with Gasteiger partial charge in [0.05, 0.1) is 0 Å². The lowest BCUT2D eigenvalue weighted by Crippen LogP contribution is -2.04. The number of aromatic nitrogens is 2.